The molecule has 0 radical (unpaired) electrons. The zero-order valence-electron chi connectivity index (χ0n) is 12.3. The highest BCUT2D eigenvalue weighted by molar-refractivity contribution is 9.10. The first-order valence-electron chi connectivity index (χ1n) is 6.93. The van der Waals surface area contributed by atoms with Crippen LogP contribution in [-0.2, 0) is 6.54 Å². The van der Waals surface area contributed by atoms with Crippen LogP contribution in [0.15, 0.2) is 57.3 Å². The van der Waals surface area contributed by atoms with Crippen molar-refractivity contribution in [2.75, 3.05) is 0 Å². The minimum Gasteiger partial charge on any atom is -0.493 e. The molecule has 2 heterocycles. The number of hydrogen-bond donors (Lipinski definition) is 1. The van der Waals surface area contributed by atoms with Gasteiger partial charge >= 0.3 is 5.91 Å². The molecule has 0 aliphatic heterocycles. The lowest BCUT2D eigenvalue weighted by molar-refractivity contribution is 0.0990. The molecule has 0 unspecified atom stereocenters. The second kappa shape index (κ2) is 6.64. The molecular formula is C17H11BrN4O2. The van der Waals surface area contributed by atoms with Crippen molar-refractivity contribution in [2.45, 2.75) is 6.54 Å². The van der Waals surface area contributed by atoms with Gasteiger partial charge in [0.05, 0.1) is 12.1 Å². The summed E-state index contributed by atoms with van der Waals surface area (Å²) in [5.74, 6) is 1.74. The van der Waals surface area contributed by atoms with E-state index in [1.54, 1.807) is 30.3 Å². The van der Waals surface area contributed by atoms with Gasteiger partial charge in [-0.15, -0.1) is 16.7 Å². The number of carbonyl (C=O) groups is 1. The van der Waals surface area contributed by atoms with Crippen LogP contribution in [0, 0.1) is 12.3 Å². The Morgan fingerprint density at radius 2 is 2.21 bits per heavy atom. The Labute approximate surface area is 146 Å². The lowest BCUT2D eigenvalue weighted by Gasteiger charge is -2.00. The Balaban J connectivity index is 2.07. The van der Waals surface area contributed by atoms with Gasteiger partial charge in [0, 0.05) is 16.1 Å². The molecule has 3 aromatic rings. The number of benzene rings is 1. The summed E-state index contributed by atoms with van der Waals surface area (Å²) in [5, 5.41) is 18.6. The maximum atomic E-state index is 12.0. The number of terminal acetylenes is 1. The highest BCUT2D eigenvalue weighted by Crippen LogP contribution is 2.40. The molecule has 0 fully saturated rings. The molecule has 24 heavy (non-hydrogen) atoms. The van der Waals surface area contributed by atoms with E-state index < -0.39 is 5.91 Å². The largest absolute Gasteiger partial charge is 0.493 e. The van der Waals surface area contributed by atoms with Crippen molar-refractivity contribution >= 4 is 38.4 Å². The number of nitrogens with zero attached hydrogens (tertiary/aromatic N) is 4. The summed E-state index contributed by atoms with van der Waals surface area (Å²) in [4.78, 5) is 15.9. The minimum absolute atomic E-state index is 0.140. The third-order valence-corrected chi connectivity index (χ3v) is 3.84. The van der Waals surface area contributed by atoms with Gasteiger partial charge in [-0.2, -0.15) is 0 Å². The predicted molar refractivity (Wildman–Crippen MR) is 93.2 cm³/mol. The highest BCUT2D eigenvalue weighted by atomic mass is 79.9. The van der Waals surface area contributed by atoms with Gasteiger partial charge in [0.1, 0.15) is 5.69 Å². The third kappa shape index (κ3) is 2.92. The molecule has 2 aromatic heterocycles. The average Bonchev–Trinajstić information content (AvgIpc) is 2.85. The number of azo groups is 1. The van der Waals surface area contributed by atoms with Gasteiger partial charge < -0.3 is 5.11 Å². The molecule has 0 atom stereocenters. The summed E-state index contributed by atoms with van der Waals surface area (Å²) in [5.41, 5.74) is 1.06. The molecule has 6 nitrogen and oxygen atoms in total. The van der Waals surface area contributed by atoms with Crippen LogP contribution in [0.3, 0.4) is 0 Å². The molecule has 1 aromatic carbocycles. The van der Waals surface area contributed by atoms with Crippen LogP contribution < -0.4 is 0 Å². The van der Waals surface area contributed by atoms with Crippen LogP contribution in [0.1, 0.15) is 10.5 Å². The molecule has 0 bridgehead atoms. The lowest BCUT2D eigenvalue weighted by Crippen LogP contribution is -1.96. The Morgan fingerprint density at radius 1 is 1.38 bits per heavy atom. The summed E-state index contributed by atoms with van der Waals surface area (Å²) in [6, 6.07) is 10.3. The normalized spacial score (nSPS) is 11.0. The number of rotatable bonds is 3. The summed E-state index contributed by atoms with van der Waals surface area (Å²) in [6.07, 6.45) is 6.85. The topological polar surface area (TPSA) is 79.8 Å². The fraction of sp³-hybridized carbons (Fsp3) is 0.0588. The maximum absolute atomic E-state index is 12.0. The van der Waals surface area contributed by atoms with Crippen molar-refractivity contribution in [3.05, 3.63) is 52.8 Å². The number of hydrogen-bond acceptors (Lipinski definition) is 4. The highest BCUT2D eigenvalue weighted by Gasteiger charge is 2.17. The molecule has 3 rings (SSSR count). The zero-order valence-corrected chi connectivity index (χ0v) is 13.9. The number of fused-ring (bicyclic) bond motifs is 1. The lowest BCUT2D eigenvalue weighted by atomic mass is 10.2. The summed E-state index contributed by atoms with van der Waals surface area (Å²) >= 11 is 3.38. The molecular weight excluding hydrogens is 372 g/mol. The quantitative estimate of drug-likeness (QED) is 0.547. The number of carbonyl (C=O) groups excluding carboxylic acids is 1. The number of aromatic nitrogens is 2. The van der Waals surface area contributed by atoms with Gasteiger partial charge in [0.2, 0.25) is 5.88 Å². The second-order valence-corrected chi connectivity index (χ2v) is 5.76. The van der Waals surface area contributed by atoms with E-state index in [0.29, 0.717) is 10.9 Å². The number of aromatic hydroxyl groups is 1. The molecule has 1 amide bonds. The van der Waals surface area contributed by atoms with Crippen molar-refractivity contribution in [1.29, 1.82) is 0 Å². The van der Waals surface area contributed by atoms with Crippen LogP contribution in [0.4, 0.5) is 5.69 Å². The Hall–Kier alpha value is -2.98. The first-order valence-corrected chi connectivity index (χ1v) is 7.72. The van der Waals surface area contributed by atoms with Crippen molar-refractivity contribution in [2.24, 2.45) is 10.2 Å². The van der Waals surface area contributed by atoms with Crippen LogP contribution in [0.2, 0.25) is 0 Å². The molecule has 0 aliphatic rings. The average molecular weight is 383 g/mol. The van der Waals surface area contributed by atoms with Crippen molar-refractivity contribution < 1.29 is 9.90 Å². The number of halogens is 1. The number of amides is 1. The molecule has 7 heteroatoms. The van der Waals surface area contributed by atoms with Crippen LogP contribution >= 0.6 is 15.9 Å². The summed E-state index contributed by atoms with van der Waals surface area (Å²) < 4.78 is 2.34. The molecule has 0 saturated heterocycles. The third-order valence-electron chi connectivity index (χ3n) is 3.35. The van der Waals surface area contributed by atoms with Crippen LogP contribution in [-0.4, -0.2) is 20.6 Å². The SMILES string of the molecule is C#CCn1c(O)c(N=NC(=O)c2ccccn2)c2cc(Br)ccc21. The summed E-state index contributed by atoms with van der Waals surface area (Å²) in [7, 11) is 0. The Bertz CT molecular complexity index is 987. The first kappa shape index (κ1) is 15.9. The molecule has 118 valence electrons. The van der Waals surface area contributed by atoms with E-state index >= 15 is 0 Å². The van der Waals surface area contributed by atoms with Crippen LogP contribution in [0.25, 0.3) is 10.9 Å². The Morgan fingerprint density at radius 3 is 2.92 bits per heavy atom. The fourth-order valence-corrected chi connectivity index (χ4v) is 2.64. The van der Waals surface area contributed by atoms with Crippen molar-refractivity contribution in [3.8, 4) is 18.2 Å². The fourth-order valence-electron chi connectivity index (χ4n) is 2.28. The van der Waals surface area contributed by atoms with Crippen LogP contribution in [0.5, 0.6) is 5.88 Å². The van der Waals surface area contributed by atoms with Gasteiger partial charge in [0.15, 0.2) is 5.69 Å². The second-order valence-electron chi connectivity index (χ2n) is 4.84. The first-order chi connectivity index (χ1) is 11.6. The number of pyridine rings is 1. The van der Waals surface area contributed by atoms with Gasteiger partial charge in [-0.25, -0.2) is 0 Å². The van der Waals surface area contributed by atoms with Crippen molar-refractivity contribution in [3.63, 3.8) is 0 Å². The van der Waals surface area contributed by atoms with Gasteiger partial charge in [-0.1, -0.05) is 27.9 Å². The smallest absolute Gasteiger partial charge is 0.313 e. The zero-order chi connectivity index (χ0) is 17.1. The van der Waals surface area contributed by atoms with E-state index in [1.807, 2.05) is 6.07 Å². The molecule has 0 aliphatic carbocycles. The monoisotopic (exact) mass is 382 g/mol. The van der Waals surface area contributed by atoms with Crippen molar-refractivity contribution in [1.82, 2.24) is 9.55 Å². The standard InChI is InChI=1S/C17H11BrN4O2/c1-2-9-22-14-7-6-11(18)10-12(14)15(17(22)24)20-21-16(23)13-5-3-4-8-19-13/h1,3-8,10,24H,9H2. The Kier molecular flexibility index (Phi) is 4.40. The molecule has 1 N–H and O–H groups in total. The molecule has 0 saturated carbocycles. The summed E-state index contributed by atoms with van der Waals surface area (Å²) in [6.45, 7) is 0.174. The van der Waals surface area contributed by atoms with E-state index in [1.165, 1.54) is 10.8 Å². The van der Waals surface area contributed by atoms with Gasteiger partial charge in [-0.3, -0.25) is 14.3 Å². The van der Waals surface area contributed by atoms with Gasteiger partial charge in [-0.05, 0) is 30.3 Å². The minimum atomic E-state index is -0.595. The maximum Gasteiger partial charge on any atom is 0.313 e. The predicted octanol–water partition coefficient (Wildman–Crippen LogP) is 4.06. The van der Waals surface area contributed by atoms with Gasteiger partial charge in [0.25, 0.3) is 0 Å². The molecule has 0 spiro atoms. The van der Waals surface area contributed by atoms with E-state index in [9.17, 15) is 9.90 Å². The van der Waals surface area contributed by atoms with E-state index in [0.717, 1.165) is 4.47 Å². The van der Waals surface area contributed by atoms with E-state index in [-0.39, 0.29) is 23.8 Å². The van der Waals surface area contributed by atoms with E-state index in [4.69, 9.17) is 6.42 Å². The van der Waals surface area contributed by atoms with E-state index in [2.05, 4.69) is 37.1 Å².